The summed E-state index contributed by atoms with van der Waals surface area (Å²) in [6, 6.07) is 10.3. The number of nitrogens with one attached hydrogen (secondary N) is 1. The summed E-state index contributed by atoms with van der Waals surface area (Å²) >= 11 is 1.74. The minimum Gasteiger partial charge on any atom is -0.310 e. The number of hydrogen-bond acceptors (Lipinski definition) is 5. The third-order valence-corrected chi connectivity index (χ3v) is 6.31. The van der Waals surface area contributed by atoms with Gasteiger partial charge in [-0.2, -0.15) is 5.10 Å². The second kappa shape index (κ2) is 7.40. The van der Waals surface area contributed by atoms with Crippen molar-refractivity contribution in [1.29, 1.82) is 0 Å². The number of aromatic nitrogens is 3. The van der Waals surface area contributed by atoms with Crippen molar-refractivity contribution in [2.75, 3.05) is 11.9 Å². The fourth-order valence-corrected chi connectivity index (χ4v) is 4.88. The van der Waals surface area contributed by atoms with Gasteiger partial charge in [0.05, 0.1) is 28.5 Å². The molecule has 1 N–H and O–H groups in total. The van der Waals surface area contributed by atoms with Crippen LogP contribution in [-0.2, 0) is 4.79 Å². The predicted octanol–water partition coefficient (Wildman–Crippen LogP) is 4.24. The van der Waals surface area contributed by atoms with Crippen LogP contribution < -0.4 is 5.32 Å². The summed E-state index contributed by atoms with van der Waals surface area (Å²) in [5, 5.41) is 8.45. The molecule has 7 heteroatoms. The highest BCUT2D eigenvalue weighted by Gasteiger charge is 2.35. The van der Waals surface area contributed by atoms with Crippen LogP contribution >= 0.6 is 11.3 Å². The Labute approximate surface area is 163 Å². The molecule has 0 radical (unpaired) electrons. The van der Waals surface area contributed by atoms with Gasteiger partial charge in [0.1, 0.15) is 10.8 Å². The minimum absolute atomic E-state index is 0.00501. The Morgan fingerprint density at radius 2 is 2.07 bits per heavy atom. The van der Waals surface area contributed by atoms with E-state index in [9.17, 15) is 4.79 Å². The lowest BCUT2D eigenvalue weighted by atomic mass is 10.2. The van der Waals surface area contributed by atoms with Gasteiger partial charge in [0.25, 0.3) is 0 Å². The third kappa shape index (κ3) is 3.49. The van der Waals surface area contributed by atoms with E-state index in [2.05, 4.69) is 41.3 Å². The molecule has 1 aromatic carbocycles. The number of likely N-dealkylation sites (tertiary alicyclic amines) is 1. The number of fused-ring (bicyclic) bond motifs is 1. The van der Waals surface area contributed by atoms with E-state index in [1.54, 1.807) is 17.5 Å². The summed E-state index contributed by atoms with van der Waals surface area (Å²) in [4.78, 5) is 20.0. The van der Waals surface area contributed by atoms with Crippen LogP contribution in [0, 0.1) is 0 Å². The van der Waals surface area contributed by atoms with Crippen LogP contribution in [0.2, 0.25) is 0 Å². The van der Waals surface area contributed by atoms with E-state index in [0.29, 0.717) is 0 Å². The van der Waals surface area contributed by atoms with Gasteiger partial charge in [-0.1, -0.05) is 12.1 Å². The number of amides is 1. The predicted molar refractivity (Wildman–Crippen MR) is 109 cm³/mol. The maximum absolute atomic E-state index is 12.9. The van der Waals surface area contributed by atoms with E-state index in [4.69, 9.17) is 4.98 Å². The van der Waals surface area contributed by atoms with Gasteiger partial charge in [-0.3, -0.25) is 9.69 Å². The lowest BCUT2D eigenvalue weighted by molar-refractivity contribution is -0.121. The average molecular weight is 384 g/mol. The topological polar surface area (TPSA) is 63.1 Å². The molecule has 3 heterocycles. The zero-order valence-corrected chi connectivity index (χ0v) is 16.7. The third-order valence-electron chi connectivity index (χ3n) is 5.18. The van der Waals surface area contributed by atoms with Crippen LogP contribution in [0.25, 0.3) is 10.2 Å². The van der Waals surface area contributed by atoms with Crippen LogP contribution in [0.1, 0.15) is 50.7 Å². The summed E-state index contributed by atoms with van der Waals surface area (Å²) in [6.45, 7) is 7.00. The van der Waals surface area contributed by atoms with Gasteiger partial charge in [-0.05, 0) is 52.3 Å². The first-order chi connectivity index (χ1) is 13.0. The lowest BCUT2D eigenvalue weighted by Gasteiger charge is -2.28. The number of carbonyl (C=O) groups is 1. The number of nitrogens with zero attached hydrogens (tertiary/aromatic N) is 4. The molecule has 1 aliphatic heterocycles. The van der Waals surface area contributed by atoms with Crippen molar-refractivity contribution < 1.29 is 4.79 Å². The van der Waals surface area contributed by atoms with E-state index in [0.717, 1.165) is 35.7 Å². The maximum atomic E-state index is 12.9. The second-order valence-electron chi connectivity index (χ2n) is 7.34. The summed E-state index contributed by atoms with van der Waals surface area (Å²) in [5.41, 5.74) is 1.04. The molecule has 2 atom stereocenters. The molecule has 3 aromatic rings. The van der Waals surface area contributed by atoms with Gasteiger partial charge in [-0.25, -0.2) is 9.67 Å². The molecule has 2 unspecified atom stereocenters. The zero-order chi connectivity index (χ0) is 19.0. The summed E-state index contributed by atoms with van der Waals surface area (Å²) in [5.74, 6) is 0.753. The summed E-state index contributed by atoms with van der Waals surface area (Å²) in [7, 11) is 0. The highest BCUT2D eigenvalue weighted by Crippen LogP contribution is 2.37. The number of benzene rings is 1. The molecule has 1 saturated heterocycles. The normalized spacial score (nSPS) is 19.0. The van der Waals surface area contributed by atoms with Crippen molar-refractivity contribution in [3.8, 4) is 0 Å². The van der Waals surface area contributed by atoms with Crippen molar-refractivity contribution in [3.05, 3.63) is 41.5 Å². The molecule has 0 bridgehead atoms. The monoisotopic (exact) mass is 383 g/mol. The number of thiazole rings is 1. The molecule has 6 nitrogen and oxygen atoms in total. The molecule has 0 aliphatic carbocycles. The van der Waals surface area contributed by atoms with Gasteiger partial charge in [0, 0.05) is 12.1 Å². The first kappa shape index (κ1) is 18.1. The average Bonchev–Trinajstić information content (AvgIpc) is 3.38. The zero-order valence-electron chi connectivity index (χ0n) is 15.9. The quantitative estimate of drug-likeness (QED) is 0.716. The summed E-state index contributed by atoms with van der Waals surface area (Å²) in [6.07, 6.45) is 3.85. The van der Waals surface area contributed by atoms with E-state index in [1.165, 1.54) is 4.70 Å². The Morgan fingerprint density at radius 1 is 1.26 bits per heavy atom. The molecule has 0 spiro atoms. The Morgan fingerprint density at radius 3 is 2.85 bits per heavy atom. The summed E-state index contributed by atoms with van der Waals surface area (Å²) < 4.78 is 3.04. The molecule has 0 saturated carbocycles. The Balaban J connectivity index is 1.52. The van der Waals surface area contributed by atoms with Crippen LogP contribution in [0.15, 0.2) is 36.5 Å². The molecule has 4 rings (SSSR count). The number of rotatable bonds is 5. The number of para-hydroxylation sites is 1. The second-order valence-corrected chi connectivity index (χ2v) is 8.40. The van der Waals surface area contributed by atoms with Crippen LogP contribution in [0.4, 0.5) is 5.82 Å². The minimum atomic E-state index is -0.222. The van der Waals surface area contributed by atoms with Crippen molar-refractivity contribution in [2.45, 2.75) is 51.7 Å². The van der Waals surface area contributed by atoms with Gasteiger partial charge in [0.15, 0.2) is 0 Å². The highest BCUT2D eigenvalue weighted by molar-refractivity contribution is 7.18. The van der Waals surface area contributed by atoms with Crippen molar-refractivity contribution in [1.82, 2.24) is 19.7 Å². The SMILES string of the molecule is CC(C(=O)Nc1ccnn1C(C)C)N1CCCC1c1nc2ccccc2s1. The van der Waals surface area contributed by atoms with Crippen LogP contribution in [0.3, 0.4) is 0 Å². The number of carbonyl (C=O) groups excluding carboxylic acids is 1. The van der Waals surface area contributed by atoms with Gasteiger partial charge in [0.2, 0.25) is 5.91 Å². The maximum Gasteiger partial charge on any atom is 0.242 e. The van der Waals surface area contributed by atoms with Crippen LogP contribution in [0.5, 0.6) is 0 Å². The van der Waals surface area contributed by atoms with E-state index >= 15 is 0 Å². The first-order valence-electron chi connectivity index (χ1n) is 9.50. The molecule has 142 valence electrons. The molecule has 1 amide bonds. The van der Waals surface area contributed by atoms with E-state index < -0.39 is 0 Å². The van der Waals surface area contributed by atoms with Gasteiger partial charge in [-0.15, -0.1) is 11.3 Å². The van der Waals surface area contributed by atoms with Crippen molar-refractivity contribution >= 4 is 33.3 Å². The fraction of sp³-hybridized carbons (Fsp3) is 0.450. The largest absolute Gasteiger partial charge is 0.310 e. The van der Waals surface area contributed by atoms with Gasteiger partial charge >= 0.3 is 0 Å². The van der Waals surface area contributed by atoms with E-state index in [1.807, 2.05) is 29.8 Å². The van der Waals surface area contributed by atoms with Crippen LogP contribution in [-0.4, -0.2) is 38.2 Å². The fourth-order valence-electron chi connectivity index (χ4n) is 3.76. The molecular formula is C20H25N5OS. The van der Waals surface area contributed by atoms with Gasteiger partial charge < -0.3 is 5.32 Å². The molecule has 1 fully saturated rings. The number of hydrogen-bond donors (Lipinski definition) is 1. The molecular weight excluding hydrogens is 358 g/mol. The first-order valence-corrected chi connectivity index (χ1v) is 10.3. The lowest BCUT2D eigenvalue weighted by Crippen LogP contribution is -2.42. The molecule has 27 heavy (non-hydrogen) atoms. The molecule has 1 aliphatic rings. The molecule has 2 aromatic heterocycles. The van der Waals surface area contributed by atoms with Crippen molar-refractivity contribution in [2.24, 2.45) is 0 Å². The van der Waals surface area contributed by atoms with Crippen molar-refractivity contribution in [3.63, 3.8) is 0 Å². The standard InChI is InChI=1S/C20H25N5OS/c1-13(2)25-18(10-11-21-25)23-19(26)14(3)24-12-6-8-16(24)20-22-15-7-4-5-9-17(15)27-20/h4-5,7,9-11,13-14,16H,6,8,12H2,1-3H3,(H,23,26). The Hall–Kier alpha value is -2.25. The Kier molecular flexibility index (Phi) is 4.97. The number of anilines is 1. The Bertz CT molecular complexity index is 914. The smallest absolute Gasteiger partial charge is 0.242 e. The van der Waals surface area contributed by atoms with E-state index in [-0.39, 0.29) is 24.0 Å². The highest BCUT2D eigenvalue weighted by atomic mass is 32.1.